The molecule has 2 heterocycles. The average Bonchev–Trinajstić information content (AvgIpc) is 3.44. The minimum atomic E-state index is -4.06. The molecule has 168 valence electrons. The minimum absolute atomic E-state index is 0.0324. The standard InChI is InChI=1S/C20H13FN4O5S3/c21-12-5-7-14(8-6-12)33(29,30)24-16-4-2-1-3-15(16)19(26)23-20-22-17(11-32-20)18-9-13(10-31-18)25(27)28/h1-11,24H,(H,22,23,26). The molecule has 0 radical (unpaired) electrons. The Hall–Kier alpha value is -3.68. The summed E-state index contributed by atoms with van der Waals surface area (Å²) in [5.74, 6) is -1.18. The van der Waals surface area contributed by atoms with E-state index in [1.165, 1.54) is 23.6 Å². The fraction of sp³-hybridized carbons (Fsp3) is 0. The van der Waals surface area contributed by atoms with E-state index in [4.69, 9.17) is 0 Å². The van der Waals surface area contributed by atoms with Gasteiger partial charge in [-0.15, -0.1) is 22.7 Å². The van der Waals surface area contributed by atoms with E-state index in [9.17, 15) is 27.7 Å². The number of sulfonamides is 1. The van der Waals surface area contributed by atoms with Crippen molar-refractivity contribution in [2.24, 2.45) is 0 Å². The number of nitrogens with one attached hydrogen (secondary N) is 2. The molecule has 2 aromatic carbocycles. The molecule has 0 aliphatic heterocycles. The number of hydrogen-bond donors (Lipinski definition) is 2. The van der Waals surface area contributed by atoms with Gasteiger partial charge in [0.1, 0.15) is 5.82 Å². The predicted octanol–water partition coefficient (Wildman–Crippen LogP) is 4.97. The van der Waals surface area contributed by atoms with E-state index in [-0.39, 0.29) is 27.0 Å². The van der Waals surface area contributed by atoms with Gasteiger partial charge in [0.25, 0.3) is 21.6 Å². The van der Waals surface area contributed by atoms with Crippen molar-refractivity contribution >= 4 is 55.1 Å². The van der Waals surface area contributed by atoms with Crippen LogP contribution in [0.3, 0.4) is 0 Å². The smallest absolute Gasteiger partial charge is 0.280 e. The summed E-state index contributed by atoms with van der Waals surface area (Å²) in [6, 6.07) is 11.7. The van der Waals surface area contributed by atoms with Crippen LogP contribution in [-0.2, 0) is 10.0 Å². The highest BCUT2D eigenvalue weighted by molar-refractivity contribution is 7.92. The Kier molecular flexibility index (Phi) is 6.18. The summed E-state index contributed by atoms with van der Waals surface area (Å²) < 4.78 is 40.7. The number of hydrogen-bond acceptors (Lipinski definition) is 8. The number of benzene rings is 2. The molecule has 0 unspecified atom stereocenters. The van der Waals surface area contributed by atoms with Crippen LogP contribution in [0.5, 0.6) is 0 Å². The van der Waals surface area contributed by atoms with Crippen molar-refractivity contribution in [3.63, 3.8) is 0 Å². The fourth-order valence-corrected chi connectivity index (χ4v) is 5.43. The fourth-order valence-electron chi connectivity index (χ4n) is 2.75. The number of nitro groups is 1. The van der Waals surface area contributed by atoms with Crippen LogP contribution < -0.4 is 10.0 Å². The highest BCUT2D eigenvalue weighted by Crippen LogP contribution is 2.33. The molecule has 4 aromatic rings. The topological polar surface area (TPSA) is 131 Å². The van der Waals surface area contributed by atoms with Gasteiger partial charge in [-0.25, -0.2) is 17.8 Å². The van der Waals surface area contributed by atoms with Gasteiger partial charge in [-0.2, -0.15) is 0 Å². The zero-order chi connectivity index (χ0) is 23.6. The van der Waals surface area contributed by atoms with Gasteiger partial charge >= 0.3 is 0 Å². The van der Waals surface area contributed by atoms with Crippen LogP contribution in [0.4, 0.5) is 20.9 Å². The molecule has 0 spiro atoms. The van der Waals surface area contributed by atoms with Gasteiger partial charge in [0, 0.05) is 11.4 Å². The third kappa shape index (κ3) is 5.05. The van der Waals surface area contributed by atoms with E-state index in [1.807, 2.05) is 0 Å². The molecule has 9 nitrogen and oxygen atoms in total. The molecule has 2 N–H and O–H groups in total. The summed E-state index contributed by atoms with van der Waals surface area (Å²) in [4.78, 5) is 27.9. The first-order chi connectivity index (χ1) is 15.7. The Bertz CT molecular complexity index is 1450. The molecule has 0 bridgehead atoms. The largest absolute Gasteiger partial charge is 0.298 e. The summed E-state index contributed by atoms with van der Waals surface area (Å²) in [6.07, 6.45) is 0. The van der Waals surface area contributed by atoms with Crippen molar-refractivity contribution in [1.29, 1.82) is 0 Å². The van der Waals surface area contributed by atoms with Crippen LogP contribution in [-0.4, -0.2) is 24.2 Å². The van der Waals surface area contributed by atoms with E-state index in [0.29, 0.717) is 10.6 Å². The van der Waals surface area contributed by atoms with Crippen molar-refractivity contribution in [3.8, 4) is 10.6 Å². The first kappa shape index (κ1) is 22.5. The number of nitrogens with zero attached hydrogens (tertiary/aromatic N) is 2. The molecule has 0 aliphatic rings. The Morgan fingerprint density at radius 2 is 1.79 bits per heavy atom. The summed E-state index contributed by atoms with van der Waals surface area (Å²) in [6.45, 7) is 0. The molecule has 1 amide bonds. The van der Waals surface area contributed by atoms with E-state index in [1.54, 1.807) is 17.5 Å². The lowest BCUT2D eigenvalue weighted by molar-refractivity contribution is -0.384. The second kappa shape index (κ2) is 9.05. The number of carbonyl (C=O) groups excluding carboxylic acids is 1. The lowest BCUT2D eigenvalue weighted by Crippen LogP contribution is -2.18. The van der Waals surface area contributed by atoms with Crippen molar-refractivity contribution in [2.75, 3.05) is 10.0 Å². The van der Waals surface area contributed by atoms with Crippen molar-refractivity contribution < 1.29 is 22.5 Å². The SMILES string of the molecule is O=C(Nc1nc(-c2cc([N+](=O)[O-])cs2)cs1)c1ccccc1NS(=O)(=O)c1ccc(F)cc1. The van der Waals surface area contributed by atoms with Gasteiger partial charge < -0.3 is 0 Å². The lowest BCUT2D eigenvalue weighted by atomic mass is 10.2. The van der Waals surface area contributed by atoms with Crippen LogP contribution >= 0.6 is 22.7 Å². The van der Waals surface area contributed by atoms with Crippen LogP contribution in [0.25, 0.3) is 10.6 Å². The van der Waals surface area contributed by atoms with Gasteiger partial charge in [-0.05, 0) is 36.4 Å². The summed E-state index contributed by atoms with van der Waals surface area (Å²) >= 11 is 2.28. The third-order valence-corrected chi connectivity index (χ3v) is 7.39. The molecule has 0 saturated carbocycles. The van der Waals surface area contributed by atoms with E-state index in [2.05, 4.69) is 15.0 Å². The van der Waals surface area contributed by atoms with Crippen LogP contribution in [0.15, 0.2) is 70.3 Å². The monoisotopic (exact) mass is 504 g/mol. The Morgan fingerprint density at radius 3 is 2.48 bits per heavy atom. The normalized spacial score (nSPS) is 11.2. The maximum absolute atomic E-state index is 13.1. The van der Waals surface area contributed by atoms with E-state index < -0.39 is 26.7 Å². The van der Waals surface area contributed by atoms with Crippen molar-refractivity contribution in [1.82, 2.24) is 4.98 Å². The number of aromatic nitrogens is 1. The van der Waals surface area contributed by atoms with Crippen LogP contribution in [0.2, 0.25) is 0 Å². The molecule has 33 heavy (non-hydrogen) atoms. The molecular weight excluding hydrogens is 491 g/mol. The number of amides is 1. The van der Waals surface area contributed by atoms with Gasteiger partial charge in [-0.1, -0.05) is 12.1 Å². The molecule has 0 saturated heterocycles. The lowest BCUT2D eigenvalue weighted by Gasteiger charge is -2.12. The van der Waals surface area contributed by atoms with Crippen LogP contribution in [0, 0.1) is 15.9 Å². The number of para-hydroxylation sites is 1. The summed E-state index contributed by atoms with van der Waals surface area (Å²) in [5, 5.41) is 16.8. The first-order valence-corrected chi connectivity index (χ1v) is 12.3. The van der Waals surface area contributed by atoms with Gasteiger partial charge in [-0.3, -0.25) is 24.9 Å². The number of carbonyl (C=O) groups is 1. The van der Waals surface area contributed by atoms with E-state index >= 15 is 0 Å². The zero-order valence-electron chi connectivity index (χ0n) is 16.4. The van der Waals surface area contributed by atoms with Gasteiger partial charge in [0.2, 0.25) is 0 Å². The molecule has 0 fully saturated rings. The molecule has 2 aromatic heterocycles. The molecule has 13 heteroatoms. The Balaban J connectivity index is 1.53. The number of halogens is 1. The predicted molar refractivity (Wildman–Crippen MR) is 124 cm³/mol. The molecule has 0 aliphatic carbocycles. The maximum atomic E-state index is 13.1. The highest BCUT2D eigenvalue weighted by Gasteiger charge is 2.20. The third-order valence-electron chi connectivity index (χ3n) is 4.31. The van der Waals surface area contributed by atoms with Crippen molar-refractivity contribution in [3.05, 3.63) is 86.9 Å². The maximum Gasteiger partial charge on any atom is 0.280 e. The minimum Gasteiger partial charge on any atom is -0.298 e. The zero-order valence-corrected chi connectivity index (χ0v) is 18.8. The Morgan fingerprint density at radius 1 is 1.06 bits per heavy atom. The average molecular weight is 505 g/mol. The number of anilines is 2. The first-order valence-electron chi connectivity index (χ1n) is 9.10. The van der Waals surface area contributed by atoms with Gasteiger partial charge in [0.05, 0.1) is 37.0 Å². The molecule has 0 atom stereocenters. The number of thiophene rings is 1. The van der Waals surface area contributed by atoms with Crippen molar-refractivity contribution in [2.45, 2.75) is 4.90 Å². The molecular formula is C20H13FN4O5S3. The highest BCUT2D eigenvalue weighted by atomic mass is 32.2. The van der Waals surface area contributed by atoms with Gasteiger partial charge in [0.15, 0.2) is 5.13 Å². The summed E-state index contributed by atoms with van der Waals surface area (Å²) in [5.41, 5.74) is 0.506. The second-order valence-corrected chi connectivity index (χ2v) is 9.98. The van der Waals surface area contributed by atoms with E-state index in [0.717, 1.165) is 46.9 Å². The number of rotatable bonds is 7. The van der Waals surface area contributed by atoms with Crippen LogP contribution in [0.1, 0.15) is 10.4 Å². The second-order valence-electron chi connectivity index (χ2n) is 6.52. The number of thiazole rings is 1. The quantitative estimate of drug-likeness (QED) is 0.270. The Labute approximate surface area is 194 Å². The summed E-state index contributed by atoms with van der Waals surface area (Å²) in [7, 11) is -4.06. The molecule has 4 rings (SSSR count).